The molecule has 112 heavy (non-hydrogen) atoms. The number of esters is 3. The molecule has 2 aromatic rings. The van der Waals surface area contributed by atoms with Crippen LogP contribution >= 0.6 is 8.25 Å². The lowest BCUT2D eigenvalue weighted by molar-refractivity contribution is -0.167. The maximum Gasteiger partial charge on any atom is 0.698 e. The number of carbonyl (C=O) groups is 16. The molecule has 11 N–H and O–H groups in total. The van der Waals surface area contributed by atoms with E-state index in [-0.39, 0.29) is 77.1 Å². The number of methoxy groups -OCH3 is 1. The number of imide groups is 1. The van der Waals surface area contributed by atoms with E-state index in [0.717, 1.165) is 40.8 Å². The number of ether oxygens (including phenoxy) is 5. The highest BCUT2D eigenvalue weighted by Crippen LogP contribution is 2.33. The molecule has 14 amide bonds. The lowest BCUT2D eigenvalue weighted by atomic mass is 9.96. The summed E-state index contributed by atoms with van der Waals surface area (Å²) < 4.78 is 52.8. The monoisotopic (exact) mass is 1590 g/mol. The molecule has 0 fully saturated rings. The van der Waals surface area contributed by atoms with Gasteiger partial charge in [-0.25, -0.2) is 14.4 Å². The first-order valence-electron chi connectivity index (χ1n) is 36.4. The average Bonchev–Trinajstić information content (AvgIpc) is 1.02. The Kier molecular flexibility index (Phi) is 40.6. The SMILES string of the molecule is C=C(C(=O)N[C@@H](C)C(=O)N(C)[C@@H](C)C(=O)N[C@H](C(=O)NC)[C@H](OC(=O)[C@@H](NC(=O)CC)[C@H](O[P+](=O)OCc1ccc(NC(=O)[C@H](CCCNC(N)=O)NC(=O)[C@@H](NC(=O)CCOCCN2C(=O)C=CC2=O)C(C)C)cc1)C(C)C)C(C)C)N(C)C(=O)[C@@H](Cc1ccccc1)OC(=O)[C@@H](NC(C)=O)[C@@H](C)OC(=O)C[C@@H](C)OC. The summed E-state index contributed by atoms with van der Waals surface area (Å²) >= 11 is 0. The van der Waals surface area contributed by atoms with Crippen LogP contribution in [-0.4, -0.2) is 237 Å². The maximum absolute atomic E-state index is 14.5. The second-order valence-corrected chi connectivity index (χ2v) is 28.3. The lowest BCUT2D eigenvalue weighted by Gasteiger charge is -2.34. The van der Waals surface area contributed by atoms with Crippen molar-refractivity contribution in [3.63, 3.8) is 0 Å². The Morgan fingerprint density at radius 2 is 1.25 bits per heavy atom. The van der Waals surface area contributed by atoms with Gasteiger partial charge >= 0.3 is 32.2 Å². The highest BCUT2D eigenvalue weighted by Gasteiger charge is 2.45. The Morgan fingerprint density at radius 3 is 1.81 bits per heavy atom. The quantitative estimate of drug-likeness (QED) is 0.0111. The fraction of sp³-hybridized carbons (Fsp3) is 0.568. The van der Waals surface area contributed by atoms with Crippen molar-refractivity contribution >= 4 is 109 Å². The highest BCUT2D eigenvalue weighted by atomic mass is 31.1. The van der Waals surface area contributed by atoms with Gasteiger partial charge in [-0.3, -0.25) is 67.2 Å². The number of hydrogen-bond donors (Lipinski definition) is 10. The molecule has 1 aliphatic rings. The topological polar surface area (TPSA) is 499 Å². The number of urea groups is 1. The summed E-state index contributed by atoms with van der Waals surface area (Å²) in [4.78, 5) is 215. The number of carbonyl (C=O) groups excluding carboxylic acids is 16. The van der Waals surface area contributed by atoms with Crippen LogP contribution in [0, 0.1) is 17.8 Å². The molecule has 0 saturated heterocycles. The molecule has 1 unspecified atom stereocenters. The van der Waals surface area contributed by atoms with E-state index in [1.165, 1.54) is 73.2 Å². The minimum absolute atomic E-state index is 0.00670. The largest absolute Gasteiger partial charge is 0.698 e. The Hall–Kier alpha value is -10.6. The van der Waals surface area contributed by atoms with Gasteiger partial charge in [-0.15, -0.1) is 9.05 Å². The summed E-state index contributed by atoms with van der Waals surface area (Å²) in [5.41, 5.74) is 5.85. The van der Waals surface area contributed by atoms with Gasteiger partial charge in [-0.1, -0.05) is 97.5 Å². The zero-order chi connectivity index (χ0) is 84.4. The number of nitrogens with one attached hydrogen (secondary N) is 9. The number of hydrogen-bond acceptors (Lipinski definition) is 24. The van der Waals surface area contributed by atoms with Crippen molar-refractivity contribution in [2.24, 2.45) is 23.5 Å². The first-order chi connectivity index (χ1) is 52.7. The molecule has 0 bridgehead atoms. The first kappa shape index (κ1) is 95.6. The van der Waals surface area contributed by atoms with Gasteiger partial charge in [0.05, 0.1) is 32.3 Å². The second kappa shape index (κ2) is 47.6. The Balaban J connectivity index is 1.74. The second-order valence-electron chi connectivity index (χ2n) is 27.4. The molecule has 13 atom stereocenters. The van der Waals surface area contributed by atoms with E-state index in [9.17, 15) is 81.3 Å². The average molecular weight is 1600 g/mol. The Labute approximate surface area is 652 Å². The Bertz CT molecular complexity index is 3680. The van der Waals surface area contributed by atoms with Crippen LogP contribution in [0.15, 0.2) is 79.0 Å². The predicted molar refractivity (Wildman–Crippen MR) is 403 cm³/mol. The van der Waals surface area contributed by atoms with Gasteiger partial charge in [0.15, 0.2) is 18.2 Å². The van der Waals surface area contributed by atoms with Crippen LogP contribution in [0.5, 0.6) is 0 Å². The summed E-state index contributed by atoms with van der Waals surface area (Å²) in [6, 6.07) is 3.34. The van der Waals surface area contributed by atoms with Crippen LogP contribution in [-0.2, 0) is 122 Å². The number of nitrogens with two attached hydrogens (primary N) is 1. The van der Waals surface area contributed by atoms with Gasteiger partial charge < -0.3 is 87.1 Å². The molecule has 0 aliphatic carbocycles. The normalized spacial score (nSPS) is 15.2. The summed E-state index contributed by atoms with van der Waals surface area (Å²) in [5.74, 6) is -14.0. The minimum Gasteiger partial charge on any atom is -0.460 e. The minimum atomic E-state index is -3.11. The maximum atomic E-state index is 14.5. The molecular formula is C74H109N13O24P+. The fourth-order valence-electron chi connectivity index (χ4n) is 10.7. The van der Waals surface area contributed by atoms with Crippen molar-refractivity contribution in [1.29, 1.82) is 0 Å². The Morgan fingerprint density at radius 1 is 0.643 bits per heavy atom. The molecule has 3 rings (SSSR count). The zero-order valence-electron chi connectivity index (χ0n) is 66.2. The molecule has 0 radical (unpaired) electrons. The van der Waals surface area contributed by atoms with E-state index in [4.69, 9.17) is 38.5 Å². The molecule has 38 heteroatoms. The van der Waals surface area contributed by atoms with E-state index in [1.54, 1.807) is 78.8 Å². The van der Waals surface area contributed by atoms with Gasteiger partial charge in [0, 0.05) is 83.4 Å². The van der Waals surface area contributed by atoms with Crippen molar-refractivity contribution in [2.45, 2.75) is 201 Å². The van der Waals surface area contributed by atoms with E-state index < -0.39 is 199 Å². The molecule has 1 aliphatic heterocycles. The number of likely N-dealkylation sites (N-methyl/N-ethyl adjacent to an activating group) is 3. The van der Waals surface area contributed by atoms with Crippen molar-refractivity contribution < 1.29 is 114 Å². The number of nitrogens with zero attached hydrogens (tertiary/aromatic N) is 3. The van der Waals surface area contributed by atoms with Gasteiger partial charge in [-0.2, -0.15) is 0 Å². The van der Waals surface area contributed by atoms with Crippen LogP contribution in [0.25, 0.3) is 0 Å². The third kappa shape index (κ3) is 31.6. The van der Waals surface area contributed by atoms with Crippen LogP contribution in [0.2, 0.25) is 0 Å². The standard InChI is InChI=1S/C74H108N13O24P/c1-18-54(89)82-62(64(42(6)7)111-112(104)107-39-50-26-28-51(29-27-50)80-67(96)52(25-22-33-77-74(75)103)81-69(98)59(40(2)3)83-55(90)32-35-106-36-34-87-56(91)30-31-57(87)92)73(102)110-63(41(4)5)61(68(97)76-14)84-66(95)46(11)85(15)70(99)44(9)78-65(94)45(10)86(16)71(100)53(38-49-23-20-19-21-24-49)109-72(101)60(79-48(13)88)47(12)108-58(93)37-43(8)105-17/h19-21,23-24,26-31,40-44,46-47,52-53,59-64H,10,18,22,25,32-39H2,1-9,11-17H3,(H10-,75,76,77,78,79,80,81,82,83,84,88,89,90,94,95,96,97,98,103)/p+1/t43-,44+,46+,47-,52+,53-,59+,60+,61+,62+,63-,64-/m1/s1. The van der Waals surface area contributed by atoms with Crippen molar-refractivity contribution in [2.75, 3.05) is 59.9 Å². The molecule has 618 valence electrons. The third-order valence-corrected chi connectivity index (χ3v) is 18.2. The first-order valence-corrected chi connectivity index (χ1v) is 37.5. The van der Waals surface area contributed by atoms with Crippen molar-refractivity contribution in [3.8, 4) is 0 Å². The number of benzene rings is 2. The highest BCUT2D eigenvalue weighted by molar-refractivity contribution is 7.33. The summed E-state index contributed by atoms with van der Waals surface area (Å²) in [6.07, 6.45) is -4.74. The molecule has 0 spiro atoms. The smallest absolute Gasteiger partial charge is 0.460 e. The van der Waals surface area contributed by atoms with Gasteiger partial charge in [0.25, 0.3) is 23.6 Å². The lowest BCUT2D eigenvalue weighted by Crippen LogP contribution is -2.61. The van der Waals surface area contributed by atoms with Crippen molar-refractivity contribution in [1.82, 2.24) is 57.2 Å². The van der Waals surface area contributed by atoms with Crippen LogP contribution in [0.1, 0.15) is 126 Å². The molecule has 2 aromatic carbocycles. The number of anilines is 1. The van der Waals surface area contributed by atoms with Crippen LogP contribution in [0.4, 0.5) is 10.5 Å². The summed E-state index contributed by atoms with van der Waals surface area (Å²) in [6.45, 7) is 21.1. The van der Waals surface area contributed by atoms with Gasteiger partial charge in [0.2, 0.25) is 47.3 Å². The van der Waals surface area contributed by atoms with Crippen LogP contribution in [0.3, 0.4) is 0 Å². The summed E-state index contributed by atoms with van der Waals surface area (Å²) in [5, 5.41) is 22.8. The predicted octanol–water partition coefficient (Wildman–Crippen LogP) is 1.28. The molecular weight excluding hydrogens is 1490 g/mol. The van der Waals surface area contributed by atoms with E-state index in [2.05, 4.69) is 54.4 Å². The molecule has 0 aromatic heterocycles. The zero-order valence-corrected chi connectivity index (χ0v) is 67.1. The molecule has 0 saturated carbocycles. The number of amides is 14. The molecule has 37 nitrogen and oxygen atoms in total. The van der Waals surface area contributed by atoms with E-state index >= 15 is 0 Å². The van der Waals surface area contributed by atoms with Crippen molar-refractivity contribution in [3.05, 3.63) is 90.2 Å². The van der Waals surface area contributed by atoms with Crippen LogP contribution < -0.4 is 53.6 Å². The molecule has 1 heterocycles. The fourth-order valence-corrected chi connectivity index (χ4v) is 11.6. The number of primary amides is 1. The third-order valence-electron chi connectivity index (χ3n) is 17.5. The van der Waals surface area contributed by atoms with Gasteiger partial charge in [0.1, 0.15) is 60.8 Å². The number of rotatable bonds is 48. The van der Waals surface area contributed by atoms with Gasteiger partial charge in [-0.05, 0) is 81.5 Å². The van der Waals surface area contributed by atoms with E-state index in [0.29, 0.717) is 11.1 Å². The summed E-state index contributed by atoms with van der Waals surface area (Å²) in [7, 11) is 1.90. The van der Waals surface area contributed by atoms with E-state index in [1.807, 2.05) is 0 Å².